The first kappa shape index (κ1) is 56.0. The Balaban J connectivity index is 4.70. The molecule has 338 valence electrons. The van der Waals surface area contributed by atoms with Crippen LogP contribution in [0.4, 0.5) is 0 Å². The van der Waals surface area contributed by atoms with Crippen LogP contribution in [0.25, 0.3) is 0 Å². The fraction of sp³-hybridized carbons (Fsp3) is 0.698. The fourth-order valence-electron chi connectivity index (χ4n) is 6.86. The molecule has 0 aliphatic carbocycles. The number of nitrogens with one attached hydrogen (secondary N) is 1. The van der Waals surface area contributed by atoms with Crippen LogP contribution < -0.4 is 5.32 Å². The van der Waals surface area contributed by atoms with Crippen LogP contribution in [0.1, 0.15) is 213 Å². The summed E-state index contributed by atoms with van der Waals surface area (Å²) in [5, 5.41) is 23.6. The molecule has 0 aromatic carbocycles. The van der Waals surface area contributed by atoms with Gasteiger partial charge < -0.3 is 20.3 Å². The van der Waals surface area contributed by atoms with Crippen molar-refractivity contribution >= 4 is 11.9 Å². The summed E-state index contributed by atoms with van der Waals surface area (Å²) in [5.74, 6) is -0.546. The van der Waals surface area contributed by atoms with Gasteiger partial charge in [-0.25, -0.2) is 0 Å². The number of aliphatic hydroxyl groups excluding tert-OH is 2. The largest absolute Gasteiger partial charge is 0.462 e. The maximum absolute atomic E-state index is 13.2. The molecule has 0 aromatic heterocycles. The van der Waals surface area contributed by atoms with Crippen LogP contribution in [0.3, 0.4) is 0 Å². The van der Waals surface area contributed by atoms with E-state index in [9.17, 15) is 19.8 Å². The summed E-state index contributed by atoms with van der Waals surface area (Å²) < 4.78 is 5.89. The van der Waals surface area contributed by atoms with E-state index in [1.165, 1.54) is 70.6 Å². The Bertz CT molecular complexity index is 1150. The summed E-state index contributed by atoms with van der Waals surface area (Å²) in [7, 11) is 0. The van der Waals surface area contributed by atoms with Crippen molar-refractivity contribution in [2.75, 3.05) is 6.61 Å². The lowest BCUT2D eigenvalue weighted by molar-refractivity contribution is -0.151. The second-order valence-corrected chi connectivity index (χ2v) is 16.2. The van der Waals surface area contributed by atoms with Gasteiger partial charge in [-0.05, 0) is 83.5 Å². The molecule has 0 rings (SSSR count). The third-order valence-corrected chi connectivity index (χ3v) is 10.6. The molecule has 0 saturated heterocycles. The molecular weight excluding hydrogens is 731 g/mol. The second-order valence-electron chi connectivity index (χ2n) is 16.2. The summed E-state index contributed by atoms with van der Waals surface area (Å²) in [5.41, 5.74) is 0. The number of carbonyl (C=O) groups is 2. The van der Waals surface area contributed by atoms with E-state index in [2.05, 4.69) is 80.8 Å². The van der Waals surface area contributed by atoms with Crippen molar-refractivity contribution in [1.82, 2.24) is 5.32 Å². The smallest absolute Gasteiger partial charge is 0.306 e. The van der Waals surface area contributed by atoms with E-state index in [0.29, 0.717) is 19.3 Å². The average molecular weight is 822 g/mol. The SMILES string of the molecule is CC/C=C/C=C/C=C/C=C\CCCCCC(CC(=O)NC(CO)C(O)CCCCCCCCCCCC)OC(=O)CCCCCC/C=C\C/C=C\C/C=C\CCCCC. The number of unbranched alkanes of at least 4 members (excludes halogenated alkanes) is 19. The van der Waals surface area contributed by atoms with Crippen molar-refractivity contribution in [3.63, 3.8) is 0 Å². The third-order valence-electron chi connectivity index (χ3n) is 10.6. The molecule has 0 aliphatic heterocycles. The van der Waals surface area contributed by atoms with Crippen LogP contribution in [-0.2, 0) is 14.3 Å². The number of amides is 1. The van der Waals surface area contributed by atoms with Crippen molar-refractivity contribution in [3.05, 3.63) is 85.1 Å². The van der Waals surface area contributed by atoms with E-state index in [0.717, 1.165) is 96.3 Å². The molecule has 3 N–H and O–H groups in total. The predicted molar refractivity (Wildman–Crippen MR) is 254 cm³/mol. The number of rotatable bonds is 42. The van der Waals surface area contributed by atoms with Crippen LogP contribution in [0.15, 0.2) is 85.1 Å². The Labute approximate surface area is 363 Å². The van der Waals surface area contributed by atoms with E-state index >= 15 is 0 Å². The number of hydrogen-bond acceptors (Lipinski definition) is 5. The average Bonchev–Trinajstić information content (AvgIpc) is 3.23. The summed E-state index contributed by atoms with van der Waals surface area (Å²) >= 11 is 0. The summed E-state index contributed by atoms with van der Waals surface area (Å²) in [6, 6.07) is -0.722. The highest BCUT2D eigenvalue weighted by molar-refractivity contribution is 5.77. The molecule has 0 aliphatic rings. The summed E-state index contributed by atoms with van der Waals surface area (Å²) in [6.45, 7) is 6.27. The molecule has 0 bridgehead atoms. The Kier molecular flexibility index (Phi) is 43.8. The first-order valence-electron chi connectivity index (χ1n) is 24.4. The fourth-order valence-corrected chi connectivity index (χ4v) is 6.86. The number of hydrogen-bond donors (Lipinski definition) is 3. The van der Waals surface area contributed by atoms with Gasteiger partial charge in [-0.1, -0.05) is 202 Å². The highest BCUT2D eigenvalue weighted by Crippen LogP contribution is 2.17. The zero-order valence-corrected chi connectivity index (χ0v) is 38.4. The molecule has 0 aromatic rings. The molecule has 0 saturated carbocycles. The van der Waals surface area contributed by atoms with Gasteiger partial charge in [0, 0.05) is 6.42 Å². The van der Waals surface area contributed by atoms with Crippen molar-refractivity contribution in [3.8, 4) is 0 Å². The highest BCUT2D eigenvalue weighted by Gasteiger charge is 2.24. The quantitative estimate of drug-likeness (QED) is 0.0247. The van der Waals surface area contributed by atoms with Crippen LogP contribution in [0, 0.1) is 0 Å². The minimum Gasteiger partial charge on any atom is -0.462 e. The number of ether oxygens (including phenoxy) is 1. The number of carbonyl (C=O) groups excluding carboxylic acids is 2. The summed E-state index contributed by atoms with van der Waals surface area (Å²) in [4.78, 5) is 26.1. The molecule has 6 heteroatoms. The van der Waals surface area contributed by atoms with Crippen molar-refractivity contribution in [2.24, 2.45) is 0 Å². The van der Waals surface area contributed by atoms with E-state index in [1.54, 1.807) is 0 Å². The van der Waals surface area contributed by atoms with E-state index in [4.69, 9.17) is 4.74 Å². The molecule has 6 nitrogen and oxygen atoms in total. The lowest BCUT2D eigenvalue weighted by Crippen LogP contribution is -2.46. The van der Waals surface area contributed by atoms with Gasteiger partial charge in [0.05, 0.1) is 25.2 Å². The molecule has 3 unspecified atom stereocenters. The topological polar surface area (TPSA) is 95.9 Å². The standard InChI is InChI=1S/C53H91NO5/c1-4-7-10-13-16-19-22-24-25-26-27-29-31-34-37-40-43-46-53(58)59-49(44-41-38-35-32-30-28-23-20-17-14-11-8-5-2)47-52(57)54-50(48-55)51(56)45-42-39-36-33-21-18-15-12-9-6-3/h8,11,14,16-17,19-20,23-25,27-30,49-51,55-56H,4-7,9-10,12-13,15,18,21-22,26,31-48H2,1-3H3,(H,54,57)/b11-8+,17-14+,19-16-,23-20+,25-24-,29-27-,30-28-. The van der Waals surface area contributed by atoms with Gasteiger partial charge in [0.25, 0.3) is 0 Å². The Morgan fingerprint density at radius 1 is 0.525 bits per heavy atom. The normalized spacial score (nSPS) is 14.1. The molecule has 0 fully saturated rings. The van der Waals surface area contributed by atoms with Crippen LogP contribution in [0.2, 0.25) is 0 Å². The molecule has 0 radical (unpaired) electrons. The second kappa shape index (κ2) is 46.1. The predicted octanol–water partition coefficient (Wildman–Crippen LogP) is 14.4. The highest BCUT2D eigenvalue weighted by atomic mass is 16.5. The molecule has 0 heterocycles. The number of aliphatic hydroxyl groups is 2. The van der Waals surface area contributed by atoms with E-state index in [1.807, 2.05) is 30.4 Å². The van der Waals surface area contributed by atoms with Gasteiger partial charge in [-0.15, -0.1) is 0 Å². The molecular formula is C53H91NO5. The number of allylic oxidation sites excluding steroid dienone is 14. The Morgan fingerprint density at radius 3 is 1.59 bits per heavy atom. The Morgan fingerprint density at radius 2 is 0.983 bits per heavy atom. The van der Waals surface area contributed by atoms with Gasteiger partial charge in [0.2, 0.25) is 5.91 Å². The zero-order valence-electron chi connectivity index (χ0n) is 38.4. The van der Waals surface area contributed by atoms with E-state index < -0.39 is 18.2 Å². The zero-order chi connectivity index (χ0) is 43.1. The molecule has 0 spiro atoms. The maximum atomic E-state index is 13.2. The molecule has 3 atom stereocenters. The Hall–Kier alpha value is -2.96. The lowest BCUT2D eigenvalue weighted by Gasteiger charge is -2.24. The minimum atomic E-state index is -0.805. The van der Waals surface area contributed by atoms with Crippen molar-refractivity contribution in [2.45, 2.75) is 232 Å². The van der Waals surface area contributed by atoms with Crippen LogP contribution in [-0.4, -0.2) is 46.9 Å². The summed E-state index contributed by atoms with van der Waals surface area (Å²) in [6.07, 6.45) is 59.2. The van der Waals surface area contributed by atoms with Crippen molar-refractivity contribution < 1.29 is 24.5 Å². The minimum absolute atomic E-state index is 0.0378. The van der Waals surface area contributed by atoms with E-state index in [-0.39, 0.29) is 24.9 Å². The van der Waals surface area contributed by atoms with Crippen LogP contribution in [0.5, 0.6) is 0 Å². The van der Waals surface area contributed by atoms with Crippen LogP contribution >= 0.6 is 0 Å². The van der Waals surface area contributed by atoms with Gasteiger partial charge in [-0.3, -0.25) is 9.59 Å². The van der Waals surface area contributed by atoms with Gasteiger partial charge in [0.15, 0.2) is 0 Å². The monoisotopic (exact) mass is 822 g/mol. The van der Waals surface area contributed by atoms with Gasteiger partial charge in [-0.2, -0.15) is 0 Å². The molecule has 59 heavy (non-hydrogen) atoms. The maximum Gasteiger partial charge on any atom is 0.306 e. The number of esters is 1. The third kappa shape index (κ3) is 41.6. The first-order chi connectivity index (χ1) is 29.0. The molecule has 1 amide bonds. The van der Waals surface area contributed by atoms with Crippen molar-refractivity contribution in [1.29, 1.82) is 0 Å². The van der Waals surface area contributed by atoms with Gasteiger partial charge >= 0.3 is 5.97 Å². The first-order valence-corrected chi connectivity index (χ1v) is 24.4. The van der Waals surface area contributed by atoms with Gasteiger partial charge in [0.1, 0.15) is 6.10 Å². The lowest BCUT2D eigenvalue weighted by atomic mass is 10.0.